The predicted octanol–water partition coefficient (Wildman–Crippen LogP) is 5.93. The highest BCUT2D eigenvalue weighted by Gasteiger charge is 2.15. The number of rotatable bonds is 8. The van der Waals surface area contributed by atoms with Gasteiger partial charge in [0.2, 0.25) is 11.7 Å². The zero-order valence-corrected chi connectivity index (χ0v) is 19.6. The van der Waals surface area contributed by atoms with Crippen molar-refractivity contribution in [2.45, 2.75) is 6.92 Å². The van der Waals surface area contributed by atoms with Gasteiger partial charge < -0.3 is 19.5 Å². The second kappa shape index (κ2) is 10.0. The Morgan fingerprint density at radius 2 is 1.65 bits per heavy atom. The van der Waals surface area contributed by atoms with Gasteiger partial charge in [-0.3, -0.25) is 4.98 Å². The van der Waals surface area contributed by atoms with E-state index in [4.69, 9.17) is 19.2 Å². The first-order valence-corrected chi connectivity index (χ1v) is 10.7. The van der Waals surface area contributed by atoms with Crippen LogP contribution in [0.5, 0.6) is 17.2 Å². The topological polar surface area (TPSA) is 78.4 Å². The zero-order chi connectivity index (χ0) is 24.1. The van der Waals surface area contributed by atoms with Crippen LogP contribution in [0.4, 0.5) is 11.6 Å². The molecule has 2 aromatic carbocycles. The SMILES string of the molecule is C=Cc1ccc(-c2ncccc2-c2ccnc(Nc3cc(OC)c(OC)c(OC)c3)n2)cc1C. The van der Waals surface area contributed by atoms with Crippen LogP contribution in [0.25, 0.3) is 28.6 Å². The fourth-order valence-electron chi connectivity index (χ4n) is 3.75. The lowest BCUT2D eigenvalue weighted by atomic mass is 9.99. The average Bonchev–Trinajstić information content (AvgIpc) is 2.88. The van der Waals surface area contributed by atoms with Gasteiger partial charge in [0.05, 0.1) is 32.7 Å². The van der Waals surface area contributed by atoms with Crippen LogP contribution < -0.4 is 19.5 Å². The van der Waals surface area contributed by atoms with Crippen molar-refractivity contribution in [3.63, 3.8) is 0 Å². The number of pyridine rings is 1. The maximum Gasteiger partial charge on any atom is 0.227 e. The first kappa shape index (κ1) is 22.8. The molecule has 0 bridgehead atoms. The van der Waals surface area contributed by atoms with Gasteiger partial charge >= 0.3 is 0 Å². The van der Waals surface area contributed by atoms with Gasteiger partial charge in [-0.05, 0) is 42.3 Å². The molecule has 4 rings (SSSR count). The fourth-order valence-corrected chi connectivity index (χ4v) is 3.75. The maximum absolute atomic E-state index is 5.44. The molecule has 2 heterocycles. The van der Waals surface area contributed by atoms with Gasteiger partial charge in [-0.25, -0.2) is 9.97 Å². The number of hydrogen-bond donors (Lipinski definition) is 1. The molecule has 172 valence electrons. The molecule has 4 aromatic rings. The molecule has 0 saturated carbocycles. The third kappa shape index (κ3) is 4.54. The number of hydrogen-bond acceptors (Lipinski definition) is 7. The average molecular weight is 455 g/mol. The summed E-state index contributed by atoms with van der Waals surface area (Å²) in [6.07, 6.45) is 5.35. The van der Waals surface area contributed by atoms with Gasteiger partial charge in [0.1, 0.15) is 0 Å². The van der Waals surface area contributed by atoms with Crippen molar-refractivity contribution >= 4 is 17.7 Å². The molecule has 2 aromatic heterocycles. The standard InChI is InChI=1S/C27H26N4O3/c1-6-18-9-10-19(14-17(18)2)25-21(8-7-12-28-25)22-11-13-29-27(31-22)30-20-15-23(32-3)26(34-5)24(16-20)33-4/h6-16H,1H2,2-5H3,(H,29,30,31). The molecule has 0 saturated heterocycles. The number of nitrogens with zero attached hydrogens (tertiary/aromatic N) is 3. The quantitative estimate of drug-likeness (QED) is 0.354. The number of benzene rings is 2. The molecule has 0 radical (unpaired) electrons. The highest BCUT2D eigenvalue weighted by molar-refractivity contribution is 5.80. The summed E-state index contributed by atoms with van der Waals surface area (Å²) < 4.78 is 16.3. The predicted molar refractivity (Wildman–Crippen MR) is 135 cm³/mol. The van der Waals surface area contributed by atoms with Crippen LogP contribution >= 0.6 is 0 Å². The molecule has 0 fully saturated rings. The summed E-state index contributed by atoms with van der Waals surface area (Å²) in [5.41, 5.74) is 6.45. The van der Waals surface area contributed by atoms with E-state index in [1.54, 1.807) is 45.9 Å². The van der Waals surface area contributed by atoms with Gasteiger partial charge in [-0.1, -0.05) is 24.8 Å². The van der Waals surface area contributed by atoms with Crippen LogP contribution in [-0.2, 0) is 0 Å². The van der Waals surface area contributed by atoms with Gasteiger partial charge in [0, 0.05) is 41.3 Å². The number of aromatic nitrogens is 3. The van der Waals surface area contributed by atoms with E-state index in [9.17, 15) is 0 Å². The molecular weight excluding hydrogens is 428 g/mol. The second-order valence-electron chi connectivity index (χ2n) is 7.48. The lowest BCUT2D eigenvalue weighted by molar-refractivity contribution is 0.324. The monoisotopic (exact) mass is 454 g/mol. The summed E-state index contributed by atoms with van der Waals surface area (Å²) >= 11 is 0. The maximum atomic E-state index is 5.44. The number of ether oxygens (including phenoxy) is 3. The summed E-state index contributed by atoms with van der Waals surface area (Å²) in [5.74, 6) is 2.02. The second-order valence-corrected chi connectivity index (χ2v) is 7.48. The summed E-state index contributed by atoms with van der Waals surface area (Å²) in [7, 11) is 4.72. The number of aryl methyl sites for hydroxylation is 1. The number of nitrogens with one attached hydrogen (secondary N) is 1. The summed E-state index contributed by atoms with van der Waals surface area (Å²) in [5, 5.41) is 3.23. The van der Waals surface area contributed by atoms with Crippen LogP contribution in [0.2, 0.25) is 0 Å². The largest absolute Gasteiger partial charge is 0.493 e. The van der Waals surface area contributed by atoms with Crippen LogP contribution in [0.1, 0.15) is 11.1 Å². The van der Waals surface area contributed by atoms with Gasteiger partial charge in [0.15, 0.2) is 11.5 Å². The first-order valence-electron chi connectivity index (χ1n) is 10.7. The Bertz CT molecular complexity index is 1310. The van der Waals surface area contributed by atoms with Crippen LogP contribution in [0.3, 0.4) is 0 Å². The lowest BCUT2D eigenvalue weighted by Crippen LogP contribution is -2.01. The molecule has 7 nitrogen and oxygen atoms in total. The molecule has 0 spiro atoms. The molecule has 7 heteroatoms. The van der Waals surface area contributed by atoms with E-state index in [2.05, 4.69) is 34.9 Å². The Morgan fingerprint density at radius 1 is 0.882 bits per heavy atom. The fraction of sp³-hybridized carbons (Fsp3) is 0.148. The normalized spacial score (nSPS) is 10.5. The van der Waals surface area contributed by atoms with Crippen molar-refractivity contribution in [1.29, 1.82) is 0 Å². The van der Waals surface area contributed by atoms with Crippen LogP contribution in [-0.4, -0.2) is 36.3 Å². The minimum atomic E-state index is 0.430. The summed E-state index contributed by atoms with van der Waals surface area (Å²) in [6, 6.07) is 15.6. The van der Waals surface area contributed by atoms with E-state index in [1.807, 2.05) is 36.4 Å². The van der Waals surface area contributed by atoms with Crippen molar-refractivity contribution in [3.8, 4) is 39.8 Å². The van der Waals surface area contributed by atoms with Crippen molar-refractivity contribution in [2.75, 3.05) is 26.6 Å². The van der Waals surface area contributed by atoms with Gasteiger partial charge in [-0.2, -0.15) is 0 Å². The Kier molecular flexibility index (Phi) is 6.73. The molecule has 0 atom stereocenters. The summed E-state index contributed by atoms with van der Waals surface area (Å²) in [4.78, 5) is 13.8. The van der Waals surface area contributed by atoms with Crippen molar-refractivity contribution in [2.24, 2.45) is 0 Å². The molecular formula is C27H26N4O3. The van der Waals surface area contributed by atoms with Crippen LogP contribution in [0.15, 0.2) is 67.5 Å². The van der Waals surface area contributed by atoms with E-state index in [0.29, 0.717) is 28.9 Å². The van der Waals surface area contributed by atoms with Crippen molar-refractivity contribution in [1.82, 2.24) is 15.0 Å². The molecule has 34 heavy (non-hydrogen) atoms. The van der Waals surface area contributed by atoms with Gasteiger partial charge in [-0.15, -0.1) is 0 Å². The Hall–Kier alpha value is -4.39. The number of anilines is 2. The Morgan fingerprint density at radius 3 is 2.29 bits per heavy atom. The third-order valence-electron chi connectivity index (χ3n) is 5.42. The molecule has 0 aliphatic carbocycles. The van der Waals surface area contributed by atoms with E-state index in [-0.39, 0.29) is 0 Å². The van der Waals surface area contributed by atoms with E-state index in [0.717, 1.165) is 33.6 Å². The van der Waals surface area contributed by atoms with Crippen LogP contribution in [0, 0.1) is 6.92 Å². The van der Waals surface area contributed by atoms with E-state index < -0.39 is 0 Å². The smallest absolute Gasteiger partial charge is 0.227 e. The van der Waals surface area contributed by atoms with E-state index >= 15 is 0 Å². The lowest BCUT2D eigenvalue weighted by Gasteiger charge is -2.15. The molecule has 0 unspecified atom stereocenters. The minimum absolute atomic E-state index is 0.430. The van der Waals surface area contributed by atoms with Crippen molar-refractivity contribution in [3.05, 3.63) is 78.6 Å². The Labute approximate surface area is 199 Å². The first-order chi connectivity index (χ1) is 16.6. The number of methoxy groups -OCH3 is 3. The van der Waals surface area contributed by atoms with Gasteiger partial charge in [0.25, 0.3) is 0 Å². The molecule has 0 aliphatic rings. The highest BCUT2D eigenvalue weighted by atomic mass is 16.5. The zero-order valence-electron chi connectivity index (χ0n) is 19.6. The molecule has 0 aliphatic heterocycles. The Balaban J connectivity index is 1.71. The third-order valence-corrected chi connectivity index (χ3v) is 5.42. The molecule has 1 N–H and O–H groups in total. The van der Waals surface area contributed by atoms with E-state index in [1.165, 1.54) is 0 Å². The minimum Gasteiger partial charge on any atom is -0.493 e. The summed E-state index contributed by atoms with van der Waals surface area (Å²) in [6.45, 7) is 5.94. The highest BCUT2D eigenvalue weighted by Crippen LogP contribution is 2.40. The van der Waals surface area contributed by atoms with Crippen molar-refractivity contribution < 1.29 is 14.2 Å². The molecule has 0 amide bonds.